The molecule has 2 aliphatic rings. The third kappa shape index (κ3) is 3.44. The molecule has 1 fully saturated rings. The Morgan fingerprint density at radius 3 is 2.56 bits per heavy atom. The zero-order chi connectivity index (χ0) is 18.8. The van der Waals surface area contributed by atoms with Crippen LogP contribution in [0.4, 0.5) is 0 Å². The van der Waals surface area contributed by atoms with Gasteiger partial charge in [0.2, 0.25) is 6.79 Å². The lowest BCUT2D eigenvalue weighted by Gasteiger charge is -2.24. The van der Waals surface area contributed by atoms with Gasteiger partial charge >= 0.3 is 0 Å². The summed E-state index contributed by atoms with van der Waals surface area (Å²) in [5, 5.41) is 10.1. The summed E-state index contributed by atoms with van der Waals surface area (Å²) in [4.78, 5) is 0. The van der Waals surface area contributed by atoms with Crippen molar-refractivity contribution in [1.82, 2.24) is 0 Å². The number of fused-ring (bicyclic) bond motifs is 1. The van der Waals surface area contributed by atoms with Crippen LogP contribution in [0.25, 0.3) is 0 Å². The monoisotopic (exact) mass is 370 g/mol. The van der Waals surface area contributed by atoms with Crippen LogP contribution >= 0.6 is 0 Å². The highest BCUT2D eigenvalue weighted by atomic mass is 16.7. The average Bonchev–Trinajstić information content (AvgIpc) is 3.33. The molecule has 2 aromatic carbocycles. The van der Waals surface area contributed by atoms with Crippen molar-refractivity contribution < 1.29 is 24.1 Å². The van der Waals surface area contributed by atoms with Crippen LogP contribution in [0.3, 0.4) is 0 Å². The predicted molar refractivity (Wildman–Crippen MR) is 102 cm³/mol. The Kier molecular flexibility index (Phi) is 5.12. The van der Waals surface area contributed by atoms with Crippen LogP contribution in [0, 0.1) is 11.8 Å². The molecule has 3 unspecified atom stereocenters. The molecule has 27 heavy (non-hydrogen) atoms. The summed E-state index contributed by atoms with van der Waals surface area (Å²) >= 11 is 0. The molecule has 1 aliphatic carbocycles. The quantitative estimate of drug-likeness (QED) is 0.839. The van der Waals surface area contributed by atoms with Gasteiger partial charge in [0.1, 0.15) is 0 Å². The van der Waals surface area contributed by atoms with Crippen LogP contribution in [-0.2, 0) is 6.42 Å². The highest BCUT2D eigenvalue weighted by Crippen LogP contribution is 2.46. The lowest BCUT2D eigenvalue weighted by Crippen LogP contribution is -2.20. The van der Waals surface area contributed by atoms with Crippen LogP contribution in [0.2, 0.25) is 0 Å². The maximum absolute atomic E-state index is 10.1. The molecule has 5 heteroatoms. The molecule has 5 nitrogen and oxygen atoms in total. The summed E-state index contributed by atoms with van der Waals surface area (Å²) < 4.78 is 21.7. The van der Waals surface area contributed by atoms with Gasteiger partial charge in [0.25, 0.3) is 0 Å². The number of rotatable bonds is 6. The topological polar surface area (TPSA) is 57.2 Å². The van der Waals surface area contributed by atoms with E-state index in [4.69, 9.17) is 18.9 Å². The summed E-state index contributed by atoms with van der Waals surface area (Å²) in [5.41, 5.74) is 2.44. The first kappa shape index (κ1) is 18.0. The fourth-order valence-electron chi connectivity index (χ4n) is 4.55. The molecule has 4 rings (SSSR count). The lowest BCUT2D eigenvalue weighted by atomic mass is 9.83. The Morgan fingerprint density at radius 2 is 1.78 bits per heavy atom. The van der Waals surface area contributed by atoms with Crippen molar-refractivity contribution in [3.8, 4) is 23.0 Å². The van der Waals surface area contributed by atoms with Crippen molar-refractivity contribution in [2.24, 2.45) is 11.8 Å². The van der Waals surface area contributed by atoms with Gasteiger partial charge in [-0.15, -0.1) is 0 Å². The highest BCUT2D eigenvalue weighted by Gasteiger charge is 2.37. The molecule has 0 aromatic heterocycles. The Morgan fingerprint density at radius 1 is 0.963 bits per heavy atom. The molecule has 2 aromatic rings. The van der Waals surface area contributed by atoms with Gasteiger partial charge in [-0.3, -0.25) is 0 Å². The maximum Gasteiger partial charge on any atom is 0.231 e. The van der Waals surface area contributed by atoms with E-state index in [1.165, 1.54) is 11.1 Å². The van der Waals surface area contributed by atoms with Gasteiger partial charge in [0.15, 0.2) is 23.0 Å². The molecule has 0 radical (unpaired) electrons. The second-order valence-corrected chi connectivity index (χ2v) is 7.30. The van der Waals surface area contributed by atoms with E-state index in [1.54, 1.807) is 14.2 Å². The first-order chi connectivity index (χ1) is 13.2. The molecule has 0 amide bonds. The molecule has 1 N–H and O–H groups in total. The second-order valence-electron chi connectivity index (χ2n) is 7.30. The van der Waals surface area contributed by atoms with E-state index in [-0.39, 0.29) is 12.5 Å². The molecule has 0 spiro atoms. The number of ether oxygens (including phenoxy) is 4. The SMILES string of the molecule is COc1ccc(C2CCC(Cc3ccc4c(c3)OCO4)C2CO)cc1OC. The number of methoxy groups -OCH3 is 2. The molecule has 0 bridgehead atoms. The van der Waals surface area contributed by atoms with E-state index < -0.39 is 0 Å². The molecular formula is C22H26O5. The van der Waals surface area contributed by atoms with Crippen molar-refractivity contribution in [3.63, 3.8) is 0 Å². The minimum atomic E-state index is 0.189. The van der Waals surface area contributed by atoms with E-state index in [2.05, 4.69) is 24.3 Å². The van der Waals surface area contributed by atoms with Crippen LogP contribution < -0.4 is 18.9 Å². The lowest BCUT2D eigenvalue weighted by molar-refractivity contribution is 0.174. The highest BCUT2D eigenvalue weighted by molar-refractivity contribution is 5.45. The van der Waals surface area contributed by atoms with Crippen LogP contribution in [0.1, 0.15) is 29.9 Å². The second kappa shape index (κ2) is 7.69. The van der Waals surface area contributed by atoms with Crippen molar-refractivity contribution in [1.29, 1.82) is 0 Å². The van der Waals surface area contributed by atoms with E-state index >= 15 is 0 Å². The minimum absolute atomic E-state index is 0.189. The molecular weight excluding hydrogens is 344 g/mol. The molecule has 1 heterocycles. The molecule has 0 saturated heterocycles. The van der Waals surface area contributed by atoms with Gasteiger partial charge in [-0.1, -0.05) is 12.1 Å². The number of hydrogen-bond acceptors (Lipinski definition) is 5. The number of hydrogen-bond donors (Lipinski definition) is 1. The molecule has 144 valence electrons. The van der Waals surface area contributed by atoms with Crippen molar-refractivity contribution >= 4 is 0 Å². The van der Waals surface area contributed by atoms with Crippen molar-refractivity contribution in [3.05, 3.63) is 47.5 Å². The Labute approximate surface area is 159 Å². The zero-order valence-corrected chi connectivity index (χ0v) is 15.8. The van der Waals surface area contributed by atoms with E-state index in [9.17, 15) is 5.11 Å². The fourth-order valence-corrected chi connectivity index (χ4v) is 4.55. The third-order valence-corrected chi connectivity index (χ3v) is 5.95. The summed E-state index contributed by atoms with van der Waals surface area (Å²) in [6.07, 6.45) is 3.10. The third-order valence-electron chi connectivity index (χ3n) is 5.95. The molecule has 1 saturated carbocycles. The molecule has 3 atom stereocenters. The molecule has 1 aliphatic heterocycles. The normalized spacial score (nSPS) is 23.4. The van der Waals surface area contributed by atoms with Gasteiger partial charge < -0.3 is 24.1 Å². The van der Waals surface area contributed by atoms with Gasteiger partial charge in [-0.2, -0.15) is 0 Å². The Bertz CT molecular complexity index is 803. The van der Waals surface area contributed by atoms with Gasteiger partial charge in [-0.05, 0) is 72.4 Å². The number of aliphatic hydroxyl groups is 1. The maximum atomic E-state index is 10.1. The van der Waals surface area contributed by atoms with E-state index in [1.807, 2.05) is 12.1 Å². The summed E-state index contributed by atoms with van der Waals surface area (Å²) in [6, 6.07) is 12.2. The van der Waals surface area contributed by atoms with Crippen LogP contribution in [-0.4, -0.2) is 32.7 Å². The predicted octanol–water partition coefficient (Wildman–Crippen LogP) is 3.78. The zero-order valence-electron chi connectivity index (χ0n) is 15.8. The summed E-state index contributed by atoms with van der Waals surface area (Å²) in [6.45, 7) is 0.483. The first-order valence-corrected chi connectivity index (χ1v) is 9.44. The van der Waals surface area contributed by atoms with E-state index in [0.717, 1.165) is 42.3 Å². The van der Waals surface area contributed by atoms with Gasteiger partial charge in [-0.25, -0.2) is 0 Å². The Hall–Kier alpha value is -2.40. The number of benzene rings is 2. The van der Waals surface area contributed by atoms with E-state index in [0.29, 0.717) is 18.6 Å². The van der Waals surface area contributed by atoms with Crippen LogP contribution in [0.5, 0.6) is 23.0 Å². The Balaban J connectivity index is 1.52. The summed E-state index contributed by atoms with van der Waals surface area (Å²) in [7, 11) is 3.30. The van der Waals surface area contributed by atoms with Crippen molar-refractivity contribution in [2.45, 2.75) is 25.2 Å². The fraction of sp³-hybridized carbons (Fsp3) is 0.455. The van der Waals surface area contributed by atoms with Crippen LogP contribution in [0.15, 0.2) is 36.4 Å². The standard InChI is InChI=1S/C22H26O5/c1-24-19-8-5-16(11-21(19)25-2)17-6-4-15(18(17)12-23)9-14-3-7-20-22(10-14)27-13-26-20/h3,5,7-8,10-11,15,17-18,23H,4,6,9,12-13H2,1-2H3. The largest absolute Gasteiger partial charge is 0.493 e. The summed E-state index contributed by atoms with van der Waals surface area (Å²) in [5.74, 6) is 4.10. The minimum Gasteiger partial charge on any atom is -0.493 e. The van der Waals surface area contributed by atoms with Crippen molar-refractivity contribution in [2.75, 3.05) is 27.6 Å². The van der Waals surface area contributed by atoms with Gasteiger partial charge in [0, 0.05) is 6.61 Å². The average molecular weight is 370 g/mol. The smallest absolute Gasteiger partial charge is 0.231 e. The first-order valence-electron chi connectivity index (χ1n) is 9.44. The number of aliphatic hydroxyl groups excluding tert-OH is 1. The van der Waals surface area contributed by atoms with Gasteiger partial charge in [0.05, 0.1) is 14.2 Å².